The Morgan fingerprint density at radius 2 is 1.88 bits per heavy atom. The summed E-state index contributed by atoms with van der Waals surface area (Å²) in [7, 11) is 1.62. The lowest BCUT2D eigenvalue weighted by Crippen LogP contribution is -2.00. The van der Waals surface area contributed by atoms with Crippen LogP contribution < -0.4 is 10.1 Å². The molecule has 0 saturated carbocycles. The lowest BCUT2D eigenvalue weighted by Gasteiger charge is -2.13. The van der Waals surface area contributed by atoms with Crippen molar-refractivity contribution in [3.63, 3.8) is 0 Å². The molecule has 24 heavy (non-hydrogen) atoms. The molecule has 0 fully saturated rings. The molecular weight excluding hydrogens is 347 g/mol. The second kappa shape index (κ2) is 5.85. The van der Waals surface area contributed by atoms with Crippen LogP contribution in [0, 0.1) is 0 Å². The van der Waals surface area contributed by atoms with Crippen molar-refractivity contribution in [3.8, 4) is 5.75 Å². The van der Waals surface area contributed by atoms with Crippen molar-refractivity contribution >= 4 is 51.3 Å². The van der Waals surface area contributed by atoms with Gasteiger partial charge >= 0.3 is 0 Å². The number of anilines is 2. The first kappa shape index (κ1) is 15.1. The lowest BCUT2D eigenvalue weighted by atomic mass is 10.2. The van der Waals surface area contributed by atoms with Gasteiger partial charge in [-0.2, -0.15) is 0 Å². The van der Waals surface area contributed by atoms with E-state index in [1.54, 1.807) is 37.8 Å². The lowest BCUT2D eigenvalue weighted by molar-refractivity contribution is 0.415. The fourth-order valence-corrected chi connectivity index (χ4v) is 3.08. The number of methoxy groups -OCH3 is 1. The van der Waals surface area contributed by atoms with Gasteiger partial charge in [0.15, 0.2) is 5.82 Å². The third-order valence-corrected chi connectivity index (χ3v) is 4.39. The SMILES string of the molecule is COc1ccc2c(c1)nc(Nc1c(Cl)cccc1Cl)c1cncn12. The first-order valence-electron chi connectivity index (χ1n) is 7.18. The summed E-state index contributed by atoms with van der Waals surface area (Å²) in [5.74, 6) is 1.35. The van der Waals surface area contributed by atoms with E-state index in [1.165, 1.54) is 0 Å². The zero-order chi connectivity index (χ0) is 16.7. The summed E-state index contributed by atoms with van der Waals surface area (Å²) in [5, 5.41) is 4.26. The Labute approximate surface area is 147 Å². The minimum atomic E-state index is 0.521. The number of nitrogens with one attached hydrogen (secondary N) is 1. The molecule has 0 atom stereocenters. The summed E-state index contributed by atoms with van der Waals surface area (Å²) in [6, 6.07) is 11.0. The quantitative estimate of drug-likeness (QED) is 0.563. The van der Waals surface area contributed by atoms with E-state index in [9.17, 15) is 0 Å². The van der Waals surface area contributed by atoms with Crippen LogP contribution in [0.2, 0.25) is 10.0 Å². The number of hydrogen-bond donors (Lipinski definition) is 1. The Balaban J connectivity index is 1.94. The van der Waals surface area contributed by atoms with Crippen molar-refractivity contribution in [1.29, 1.82) is 0 Å². The molecule has 0 aliphatic heterocycles. The van der Waals surface area contributed by atoms with Gasteiger partial charge in [-0.15, -0.1) is 0 Å². The average Bonchev–Trinajstić information content (AvgIpc) is 3.07. The zero-order valence-electron chi connectivity index (χ0n) is 12.6. The van der Waals surface area contributed by atoms with Crippen LogP contribution in [0.25, 0.3) is 16.6 Å². The Hall–Kier alpha value is -2.50. The Kier molecular flexibility index (Phi) is 3.67. The van der Waals surface area contributed by atoms with E-state index in [-0.39, 0.29) is 0 Å². The second-order valence-electron chi connectivity index (χ2n) is 5.19. The normalized spacial score (nSPS) is 11.1. The highest BCUT2D eigenvalue weighted by atomic mass is 35.5. The largest absolute Gasteiger partial charge is 0.497 e. The maximum Gasteiger partial charge on any atom is 0.157 e. The number of ether oxygens (including phenoxy) is 1. The van der Waals surface area contributed by atoms with Crippen molar-refractivity contribution in [2.45, 2.75) is 0 Å². The van der Waals surface area contributed by atoms with Crippen LogP contribution >= 0.6 is 23.2 Å². The Bertz CT molecular complexity index is 1040. The number of halogens is 2. The summed E-state index contributed by atoms with van der Waals surface area (Å²) in [6.45, 7) is 0. The molecular formula is C17H12Cl2N4O. The topological polar surface area (TPSA) is 51.5 Å². The molecule has 0 bridgehead atoms. The fourth-order valence-electron chi connectivity index (χ4n) is 2.59. The van der Waals surface area contributed by atoms with E-state index in [0.717, 1.165) is 22.3 Å². The molecule has 1 N–H and O–H groups in total. The van der Waals surface area contributed by atoms with Crippen LogP contribution in [0.3, 0.4) is 0 Å². The van der Waals surface area contributed by atoms with E-state index in [4.69, 9.17) is 32.9 Å². The van der Waals surface area contributed by atoms with Gasteiger partial charge in [0, 0.05) is 6.07 Å². The minimum Gasteiger partial charge on any atom is -0.497 e. The molecule has 0 amide bonds. The molecule has 0 saturated heterocycles. The van der Waals surface area contributed by atoms with E-state index in [0.29, 0.717) is 21.6 Å². The molecule has 2 aromatic carbocycles. The molecule has 5 nitrogen and oxygen atoms in total. The molecule has 120 valence electrons. The number of hydrogen-bond acceptors (Lipinski definition) is 4. The van der Waals surface area contributed by atoms with Crippen LogP contribution in [0.4, 0.5) is 11.5 Å². The highest BCUT2D eigenvalue weighted by Crippen LogP contribution is 2.34. The van der Waals surface area contributed by atoms with Gasteiger partial charge in [-0.05, 0) is 24.3 Å². The maximum atomic E-state index is 6.25. The van der Waals surface area contributed by atoms with Gasteiger partial charge in [-0.1, -0.05) is 29.3 Å². The van der Waals surface area contributed by atoms with Crippen molar-refractivity contribution in [3.05, 3.63) is 59.0 Å². The molecule has 0 aliphatic carbocycles. The first-order valence-corrected chi connectivity index (χ1v) is 7.94. The molecule has 0 radical (unpaired) electrons. The molecule has 7 heteroatoms. The minimum absolute atomic E-state index is 0.521. The maximum absolute atomic E-state index is 6.25. The standard InChI is InChI=1S/C17H12Cl2N4O/c1-24-10-5-6-14-13(7-10)21-17(15-8-20-9-23(14)15)22-16-11(18)3-2-4-12(16)19/h2-9H,1H3,(H,21,22). The fraction of sp³-hybridized carbons (Fsp3) is 0.0588. The zero-order valence-corrected chi connectivity index (χ0v) is 14.1. The summed E-state index contributed by atoms with van der Waals surface area (Å²) in [6.07, 6.45) is 3.48. The summed E-state index contributed by atoms with van der Waals surface area (Å²) in [5.41, 5.74) is 3.13. The number of rotatable bonds is 3. The predicted octanol–water partition coefficient (Wildman–Crippen LogP) is 4.94. The molecule has 0 aliphatic rings. The van der Waals surface area contributed by atoms with Crippen LogP contribution in [0.5, 0.6) is 5.75 Å². The van der Waals surface area contributed by atoms with Gasteiger partial charge < -0.3 is 10.1 Å². The van der Waals surface area contributed by atoms with Gasteiger partial charge in [0.05, 0.1) is 46.4 Å². The van der Waals surface area contributed by atoms with Crippen molar-refractivity contribution in [2.24, 2.45) is 0 Å². The highest BCUT2D eigenvalue weighted by molar-refractivity contribution is 6.39. The van der Waals surface area contributed by atoms with Crippen LogP contribution in [0.1, 0.15) is 0 Å². The van der Waals surface area contributed by atoms with Crippen LogP contribution in [-0.2, 0) is 0 Å². The van der Waals surface area contributed by atoms with E-state index in [2.05, 4.69) is 10.3 Å². The predicted molar refractivity (Wildman–Crippen MR) is 96.8 cm³/mol. The number of aromatic nitrogens is 3. The Morgan fingerprint density at radius 3 is 2.62 bits per heavy atom. The summed E-state index contributed by atoms with van der Waals surface area (Å²) in [4.78, 5) is 8.92. The molecule has 0 unspecified atom stereocenters. The Morgan fingerprint density at radius 1 is 1.08 bits per heavy atom. The third kappa shape index (κ3) is 2.42. The van der Waals surface area contributed by atoms with Gasteiger partial charge in [0.2, 0.25) is 0 Å². The molecule has 2 aromatic heterocycles. The van der Waals surface area contributed by atoms with E-state index in [1.807, 2.05) is 22.6 Å². The first-order chi connectivity index (χ1) is 11.7. The monoisotopic (exact) mass is 358 g/mol. The van der Waals surface area contributed by atoms with Crippen molar-refractivity contribution in [2.75, 3.05) is 12.4 Å². The molecule has 4 rings (SSSR count). The van der Waals surface area contributed by atoms with Crippen molar-refractivity contribution < 1.29 is 4.74 Å². The summed E-state index contributed by atoms with van der Waals surface area (Å²) < 4.78 is 7.24. The second-order valence-corrected chi connectivity index (χ2v) is 6.00. The number of nitrogens with zero attached hydrogens (tertiary/aromatic N) is 3. The van der Waals surface area contributed by atoms with Crippen LogP contribution in [-0.4, -0.2) is 21.5 Å². The summed E-state index contributed by atoms with van der Waals surface area (Å²) >= 11 is 12.5. The van der Waals surface area contributed by atoms with Gasteiger partial charge in [-0.25, -0.2) is 9.97 Å². The molecule has 0 spiro atoms. The number of para-hydroxylation sites is 1. The van der Waals surface area contributed by atoms with Crippen LogP contribution in [0.15, 0.2) is 48.9 Å². The van der Waals surface area contributed by atoms with Gasteiger partial charge in [0.1, 0.15) is 11.3 Å². The number of fused-ring (bicyclic) bond motifs is 3. The highest BCUT2D eigenvalue weighted by Gasteiger charge is 2.13. The number of benzene rings is 2. The number of imidazole rings is 1. The van der Waals surface area contributed by atoms with E-state index >= 15 is 0 Å². The smallest absolute Gasteiger partial charge is 0.157 e. The van der Waals surface area contributed by atoms with Crippen molar-refractivity contribution in [1.82, 2.24) is 14.4 Å². The van der Waals surface area contributed by atoms with E-state index < -0.39 is 0 Å². The molecule has 2 heterocycles. The van der Waals surface area contributed by atoms with Gasteiger partial charge in [-0.3, -0.25) is 4.40 Å². The van der Waals surface area contributed by atoms with Gasteiger partial charge in [0.25, 0.3) is 0 Å². The third-order valence-electron chi connectivity index (χ3n) is 3.76. The average molecular weight is 359 g/mol. The molecule has 4 aromatic rings.